The van der Waals surface area contributed by atoms with Crippen LogP contribution in [0.2, 0.25) is 0 Å². The minimum Gasteiger partial charge on any atom is -0.478 e. The second-order valence-corrected chi connectivity index (χ2v) is 10.5. The minimum atomic E-state index is -1.00. The molecule has 178 valence electrons. The molecule has 4 atom stereocenters. The average molecular weight is 438 g/mol. The second kappa shape index (κ2) is 11.1. The van der Waals surface area contributed by atoms with Gasteiger partial charge in [-0.3, -0.25) is 14.5 Å². The van der Waals surface area contributed by atoms with Crippen LogP contribution in [0.25, 0.3) is 0 Å². The van der Waals surface area contributed by atoms with E-state index in [1.807, 2.05) is 41.7 Å². The summed E-state index contributed by atoms with van der Waals surface area (Å²) in [5, 5.41) is 12.3. The van der Waals surface area contributed by atoms with E-state index in [0.29, 0.717) is 5.92 Å². The SMILES string of the molecule is CC[C@@H]1CCC(C(=O)N[C@H](C(=O)N(C)[C@H](/C=C(\C)C(=O)O)C(C)C)C(C)(C)C)N(C)C1. The molecule has 0 bridgehead atoms. The molecule has 1 heterocycles. The van der Waals surface area contributed by atoms with Crippen LogP contribution in [0.5, 0.6) is 0 Å². The number of amides is 2. The number of hydrogen-bond acceptors (Lipinski definition) is 4. The third-order valence-corrected chi connectivity index (χ3v) is 6.44. The van der Waals surface area contributed by atoms with Crippen molar-refractivity contribution in [3.05, 3.63) is 11.6 Å². The molecule has 1 saturated heterocycles. The minimum absolute atomic E-state index is 0.0232. The Kier molecular flexibility index (Phi) is 9.73. The Morgan fingerprint density at radius 2 is 1.81 bits per heavy atom. The van der Waals surface area contributed by atoms with E-state index in [2.05, 4.69) is 17.1 Å². The van der Waals surface area contributed by atoms with Crippen molar-refractivity contribution >= 4 is 17.8 Å². The van der Waals surface area contributed by atoms with Crippen molar-refractivity contribution in [1.29, 1.82) is 0 Å². The topological polar surface area (TPSA) is 90.0 Å². The summed E-state index contributed by atoms with van der Waals surface area (Å²) in [7, 11) is 3.66. The number of likely N-dealkylation sites (tertiary alicyclic amines) is 1. The van der Waals surface area contributed by atoms with Gasteiger partial charge in [-0.25, -0.2) is 4.79 Å². The zero-order valence-corrected chi connectivity index (χ0v) is 20.9. The zero-order chi connectivity index (χ0) is 24.1. The van der Waals surface area contributed by atoms with Gasteiger partial charge < -0.3 is 15.3 Å². The summed E-state index contributed by atoms with van der Waals surface area (Å²) in [5.41, 5.74) is -0.295. The van der Waals surface area contributed by atoms with Crippen molar-refractivity contribution in [3.63, 3.8) is 0 Å². The molecule has 1 fully saturated rings. The van der Waals surface area contributed by atoms with Gasteiger partial charge in [0.2, 0.25) is 11.8 Å². The lowest BCUT2D eigenvalue weighted by Gasteiger charge is -2.40. The third kappa shape index (κ3) is 7.34. The first kappa shape index (κ1) is 27.1. The van der Waals surface area contributed by atoms with Crippen LogP contribution in [0.4, 0.5) is 0 Å². The molecule has 0 aliphatic carbocycles. The number of hydrogen-bond donors (Lipinski definition) is 2. The molecule has 0 aromatic carbocycles. The molecular weight excluding hydrogens is 394 g/mol. The molecule has 0 aromatic rings. The van der Waals surface area contributed by atoms with Gasteiger partial charge in [0.15, 0.2) is 0 Å². The lowest BCUT2D eigenvalue weighted by atomic mass is 9.84. The monoisotopic (exact) mass is 437 g/mol. The number of nitrogens with zero attached hydrogens (tertiary/aromatic N) is 2. The summed E-state index contributed by atoms with van der Waals surface area (Å²) < 4.78 is 0. The fourth-order valence-electron chi connectivity index (χ4n) is 4.22. The number of likely N-dealkylation sites (N-methyl/N-ethyl adjacent to an activating group) is 2. The van der Waals surface area contributed by atoms with Crippen LogP contribution in [-0.2, 0) is 14.4 Å². The first-order valence-electron chi connectivity index (χ1n) is 11.4. The van der Waals surface area contributed by atoms with Gasteiger partial charge in [0.1, 0.15) is 6.04 Å². The molecule has 2 N–H and O–H groups in total. The molecule has 7 heteroatoms. The number of nitrogens with one attached hydrogen (secondary N) is 1. The summed E-state index contributed by atoms with van der Waals surface area (Å²) in [4.78, 5) is 41.6. The van der Waals surface area contributed by atoms with Gasteiger partial charge >= 0.3 is 5.97 Å². The van der Waals surface area contributed by atoms with Gasteiger partial charge in [0, 0.05) is 19.2 Å². The molecule has 1 unspecified atom stereocenters. The highest BCUT2D eigenvalue weighted by atomic mass is 16.4. The highest BCUT2D eigenvalue weighted by Crippen LogP contribution is 2.26. The Labute approximate surface area is 188 Å². The predicted octanol–water partition coefficient (Wildman–Crippen LogP) is 3.15. The Bertz CT molecular complexity index is 681. The van der Waals surface area contributed by atoms with Gasteiger partial charge in [0.25, 0.3) is 0 Å². The quantitative estimate of drug-likeness (QED) is 0.570. The molecule has 1 rings (SSSR count). The van der Waals surface area contributed by atoms with E-state index in [9.17, 15) is 19.5 Å². The zero-order valence-electron chi connectivity index (χ0n) is 20.9. The standard InChI is InChI=1S/C24H43N3O4/c1-10-17-11-12-18(26(8)14-17)21(28)25-20(24(5,6)7)22(29)27(9)19(15(2)3)13-16(4)23(30)31/h13,15,17-20H,10-12,14H2,1-9H3,(H,25,28)(H,30,31)/b16-13+/t17-,18?,19-,20-/m1/s1. The summed E-state index contributed by atoms with van der Waals surface area (Å²) in [6, 6.07) is -1.32. The fourth-order valence-corrected chi connectivity index (χ4v) is 4.22. The van der Waals surface area contributed by atoms with E-state index >= 15 is 0 Å². The van der Waals surface area contributed by atoms with Crippen LogP contribution in [0.1, 0.15) is 67.7 Å². The molecule has 0 radical (unpaired) electrons. The molecule has 1 aliphatic heterocycles. The summed E-state index contributed by atoms with van der Waals surface area (Å²) >= 11 is 0. The summed E-state index contributed by atoms with van der Waals surface area (Å²) in [5.74, 6) is -0.694. The largest absolute Gasteiger partial charge is 0.478 e. The predicted molar refractivity (Wildman–Crippen MR) is 124 cm³/mol. The molecule has 2 amide bonds. The van der Waals surface area contributed by atoms with E-state index in [1.54, 1.807) is 18.0 Å². The smallest absolute Gasteiger partial charge is 0.331 e. The van der Waals surface area contributed by atoms with E-state index in [0.717, 1.165) is 25.8 Å². The number of carboxylic acid groups (broad SMARTS) is 1. The molecule has 0 saturated carbocycles. The number of carbonyl (C=O) groups excluding carboxylic acids is 2. The van der Waals surface area contributed by atoms with E-state index in [-0.39, 0.29) is 35.4 Å². The molecule has 31 heavy (non-hydrogen) atoms. The van der Waals surface area contributed by atoms with Crippen molar-refractivity contribution in [2.45, 2.75) is 85.9 Å². The Morgan fingerprint density at radius 1 is 1.23 bits per heavy atom. The van der Waals surface area contributed by atoms with E-state index < -0.39 is 17.4 Å². The van der Waals surface area contributed by atoms with Crippen LogP contribution >= 0.6 is 0 Å². The maximum absolute atomic E-state index is 13.5. The lowest BCUT2D eigenvalue weighted by Crippen LogP contribution is -2.60. The molecule has 0 spiro atoms. The van der Waals surface area contributed by atoms with Crippen LogP contribution in [0.15, 0.2) is 11.6 Å². The Hall–Kier alpha value is -1.89. The van der Waals surface area contributed by atoms with Gasteiger partial charge in [0.05, 0.1) is 12.1 Å². The van der Waals surface area contributed by atoms with Gasteiger partial charge in [-0.1, -0.05) is 54.0 Å². The van der Waals surface area contributed by atoms with Crippen LogP contribution in [0, 0.1) is 17.3 Å². The van der Waals surface area contributed by atoms with Gasteiger partial charge in [-0.15, -0.1) is 0 Å². The van der Waals surface area contributed by atoms with Crippen LogP contribution in [0.3, 0.4) is 0 Å². The fraction of sp³-hybridized carbons (Fsp3) is 0.792. The number of carbonyl (C=O) groups is 3. The lowest BCUT2D eigenvalue weighted by molar-refractivity contribution is -0.141. The number of rotatable bonds is 8. The molecular formula is C24H43N3O4. The molecule has 1 aliphatic rings. The van der Waals surface area contributed by atoms with Crippen molar-refractivity contribution in [1.82, 2.24) is 15.1 Å². The third-order valence-electron chi connectivity index (χ3n) is 6.44. The first-order chi connectivity index (χ1) is 14.2. The Balaban J connectivity index is 3.08. The summed E-state index contributed by atoms with van der Waals surface area (Å²) in [6.45, 7) is 14.3. The highest BCUT2D eigenvalue weighted by Gasteiger charge is 2.39. The number of aliphatic carboxylic acids is 1. The first-order valence-corrected chi connectivity index (χ1v) is 11.4. The number of piperidine rings is 1. The van der Waals surface area contributed by atoms with Crippen molar-refractivity contribution in [2.75, 3.05) is 20.6 Å². The average Bonchev–Trinajstić information content (AvgIpc) is 2.67. The highest BCUT2D eigenvalue weighted by molar-refractivity contribution is 5.91. The summed E-state index contributed by atoms with van der Waals surface area (Å²) in [6.07, 6.45) is 4.53. The van der Waals surface area contributed by atoms with E-state index in [4.69, 9.17) is 0 Å². The van der Waals surface area contributed by atoms with Crippen molar-refractivity contribution in [3.8, 4) is 0 Å². The van der Waals surface area contributed by atoms with Crippen LogP contribution < -0.4 is 5.32 Å². The van der Waals surface area contributed by atoms with E-state index in [1.165, 1.54) is 6.92 Å². The van der Waals surface area contributed by atoms with Gasteiger partial charge in [-0.05, 0) is 44.1 Å². The Morgan fingerprint density at radius 3 is 2.23 bits per heavy atom. The second-order valence-electron chi connectivity index (χ2n) is 10.5. The maximum Gasteiger partial charge on any atom is 0.331 e. The van der Waals surface area contributed by atoms with Crippen LogP contribution in [-0.4, -0.2) is 71.5 Å². The van der Waals surface area contributed by atoms with Crippen molar-refractivity contribution in [2.24, 2.45) is 17.3 Å². The maximum atomic E-state index is 13.5. The van der Waals surface area contributed by atoms with Gasteiger partial charge in [-0.2, -0.15) is 0 Å². The molecule has 7 nitrogen and oxygen atoms in total. The number of carboxylic acids is 1. The molecule has 0 aromatic heterocycles. The normalized spacial score (nSPS) is 22.7. The van der Waals surface area contributed by atoms with Crippen molar-refractivity contribution < 1.29 is 19.5 Å².